The molecule has 2 N–H and O–H groups in total. The van der Waals surface area contributed by atoms with Gasteiger partial charge < -0.3 is 10.4 Å². The van der Waals surface area contributed by atoms with E-state index in [1.54, 1.807) is 0 Å². The Morgan fingerprint density at radius 3 is 2.71 bits per heavy atom. The van der Waals surface area contributed by atoms with Crippen molar-refractivity contribution in [2.24, 2.45) is 0 Å². The molecule has 0 radical (unpaired) electrons. The highest BCUT2D eigenvalue weighted by atomic mass is 32.1. The molecule has 0 atom stereocenters. The normalized spacial score (nSPS) is 23.6. The van der Waals surface area contributed by atoms with Gasteiger partial charge in [0.1, 0.15) is 5.82 Å². The third-order valence-corrected chi connectivity index (χ3v) is 4.51. The monoisotopic (exact) mass is 253 g/mol. The van der Waals surface area contributed by atoms with Crippen LogP contribution in [0.4, 0.5) is 5.13 Å². The van der Waals surface area contributed by atoms with Gasteiger partial charge in [0.05, 0.1) is 12.1 Å². The lowest BCUT2D eigenvalue weighted by Gasteiger charge is -2.36. The summed E-state index contributed by atoms with van der Waals surface area (Å²) in [6, 6.07) is 0. The molecule has 17 heavy (non-hydrogen) atoms. The second-order valence-corrected chi connectivity index (χ2v) is 6.11. The van der Waals surface area contributed by atoms with E-state index in [0.717, 1.165) is 23.8 Å². The van der Waals surface area contributed by atoms with Crippen LogP contribution in [0.5, 0.6) is 0 Å². The highest BCUT2D eigenvalue weighted by Gasteiger charge is 2.33. The van der Waals surface area contributed by atoms with Crippen LogP contribution >= 0.6 is 11.5 Å². The Balaban J connectivity index is 1.70. The summed E-state index contributed by atoms with van der Waals surface area (Å²) in [6.07, 6.45) is 8.24. The van der Waals surface area contributed by atoms with Crippen molar-refractivity contribution < 1.29 is 5.11 Å². The molecule has 0 saturated heterocycles. The van der Waals surface area contributed by atoms with E-state index < -0.39 is 0 Å². The first-order valence-electron chi connectivity index (χ1n) is 6.54. The average molecular weight is 253 g/mol. The number of hydrogen-bond acceptors (Lipinski definition) is 5. The molecule has 0 aromatic carbocycles. The maximum atomic E-state index is 9.63. The molecule has 94 valence electrons. The predicted molar refractivity (Wildman–Crippen MR) is 68.4 cm³/mol. The fraction of sp³-hybridized carbons (Fsp3) is 0.833. The second kappa shape index (κ2) is 4.53. The minimum absolute atomic E-state index is 0.140. The number of aromatic nitrogens is 2. The Labute approximate surface area is 106 Å². The fourth-order valence-electron chi connectivity index (χ4n) is 2.57. The van der Waals surface area contributed by atoms with Gasteiger partial charge in [-0.2, -0.15) is 4.37 Å². The summed E-state index contributed by atoms with van der Waals surface area (Å²) >= 11 is 1.44. The van der Waals surface area contributed by atoms with Crippen LogP contribution in [0.1, 0.15) is 56.7 Å². The van der Waals surface area contributed by atoms with Crippen LogP contribution in [0.15, 0.2) is 0 Å². The zero-order valence-electron chi connectivity index (χ0n) is 9.98. The molecule has 4 nitrogen and oxygen atoms in total. The van der Waals surface area contributed by atoms with E-state index >= 15 is 0 Å². The van der Waals surface area contributed by atoms with E-state index in [1.165, 1.54) is 43.6 Å². The minimum Gasteiger partial charge on any atom is -0.394 e. The minimum atomic E-state index is -0.140. The van der Waals surface area contributed by atoms with Crippen LogP contribution in [0, 0.1) is 0 Å². The zero-order chi connectivity index (χ0) is 11.7. The molecule has 0 aliphatic heterocycles. The van der Waals surface area contributed by atoms with E-state index in [1.807, 2.05) is 0 Å². The number of nitrogens with zero attached hydrogens (tertiary/aromatic N) is 2. The van der Waals surface area contributed by atoms with E-state index in [2.05, 4.69) is 14.7 Å². The number of aliphatic hydroxyl groups excluding tert-OH is 1. The summed E-state index contributed by atoms with van der Waals surface area (Å²) in [5, 5.41) is 14.0. The van der Waals surface area contributed by atoms with E-state index in [9.17, 15) is 5.11 Å². The molecule has 0 spiro atoms. The van der Waals surface area contributed by atoms with Gasteiger partial charge >= 0.3 is 0 Å². The third kappa shape index (κ3) is 2.45. The second-order valence-electron chi connectivity index (χ2n) is 5.36. The molecular weight excluding hydrogens is 234 g/mol. The van der Waals surface area contributed by atoms with Crippen molar-refractivity contribution in [3.8, 4) is 0 Å². The van der Waals surface area contributed by atoms with Crippen LogP contribution < -0.4 is 5.32 Å². The standard InChI is InChI=1S/C12H19N3OS/c16-8-12(6-2-1-3-7-12)14-11-13-10(15-17-11)9-4-5-9/h9,16H,1-8H2,(H,13,14,15). The molecular formula is C12H19N3OS. The molecule has 1 aromatic heterocycles. The maximum Gasteiger partial charge on any atom is 0.203 e. The van der Waals surface area contributed by atoms with Crippen molar-refractivity contribution in [2.45, 2.75) is 56.4 Å². The summed E-state index contributed by atoms with van der Waals surface area (Å²) in [5.41, 5.74) is -0.140. The van der Waals surface area contributed by atoms with Gasteiger partial charge in [-0.25, -0.2) is 4.98 Å². The van der Waals surface area contributed by atoms with E-state index in [0.29, 0.717) is 5.92 Å². The van der Waals surface area contributed by atoms with E-state index in [4.69, 9.17) is 0 Å². The average Bonchev–Trinajstić information content (AvgIpc) is 3.12. The first-order valence-corrected chi connectivity index (χ1v) is 7.31. The maximum absolute atomic E-state index is 9.63. The predicted octanol–water partition coefficient (Wildman–Crippen LogP) is 2.52. The van der Waals surface area contributed by atoms with Crippen molar-refractivity contribution in [3.05, 3.63) is 5.82 Å². The van der Waals surface area contributed by atoms with Gasteiger partial charge in [-0.1, -0.05) is 19.3 Å². The fourth-order valence-corrected chi connectivity index (χ4v) is 3.34. The van der Waals surface area contributed by atoms with E-state index in [-0.39, 0.29) is 12.1 Å². The number of nitrogens with one attached hydrogen (secondary N) is 1. The lowest BCUT2D eigenvalue weighted by molar-refractivity contribution is 0.173. The van der Waals surface area contributed by atoms with Gasteiger partial charge in [-0.3, -0.25) is 0 Å². The van der Waals surface area contributed by atoms with Crippen molar-refractivity contribution in [2.75, 3.05) is 11.9 Å². The molecule has 2 aliphatic rings. The SMILES string of the molecule is OCC1(Nc2nc(C3CC3)ns2)CCCCC1. The molecule has 1 heterocycles. The van der Waals surface area contributed by atoms with Crippen LogP contribution in [-0.4, -0.2) is 26.6 Å². The number of rotatable bonds is 4. The first kappa shape index (κ1) is 11.4. The lowest BCUT2D eigenvalue weighted by atomic mass is 9.82. The van der Waals surface area contributed by atoms with Crippen molar-refractivity contribution in [1.82, 2.24) is 9.36 Å². The molecule has 0 amide bonds. The first-order chi connectivity index (χ1) is 8.31. The summed E-state index contributed by atoms with van der Waals surface area (Å²) < 4.78 is 4.40. The summed E-state index contributed by atoms with van der Waals surface area (Å²) in [7, 11) is 0. The van der Waals surface area contributed by atoms with Crippen LogP contribution in [0.2, 0.25) is 0 Å². The molecule has 2 aliphatic carbocycles. The molecule has 3 rings (SSSR count). The van der Waals surface area contributed by atoms with Gasteiger partial charge in [0.15, 0.2) is 0 Å². The van der Waals surface area contributed by atoms with Crippen LogP contribution in [0.3, 0.4) is 0 Å². The zero-order valence-corrected chi connectivity index (χ0v) is 10.8. The highest BCUT2D eigenvalue weighted by molar-refractivity contribution is 7.09. The smallest absolute Gasteiger partial charge is 0.203 e. The lowest BCUT2D eigenvalue weighted by Crippen LogP contribution is -2.43. The number of hydrogen-bond donors (Lipinski definition) is 2. The van der Waals surface area contributed by atoms with Gasteiger partial charge in [-0.05, 0) is 25.7 Å². The van der Waals surface area contributed by atoms with Crippen LogP contribution in [0.25, 0.3) is 0 Å². The molecule has 1 aromatic rings. The topological polar surface area (TPSA) is 58.0 Å². The van der Waals surface area contributed by atoms with Crippen LogP contribution in [-0.2, 0) is 0 Å². The quantitative estimate of drug-likeness (QED) is 0.865. The largest absolute Gasteiger partial charge is 0.394 e. The summed E-state index contributed by atoms with van der Waals surface area (Å²) in [5.74, 6) is 1.61. The Bertz CT molecular complexity index is 383. The summed E-state index contributed by atoms with van der Waals surface area (Å²) in [4.78, 5) is 4.54. The van der Waals surface area contributed by atoms with Gasteiger partial charge in [0, 0.05) is 17.5 Å². The third-order valence-electron chi connectivity index (χ3n) is 3.87. The van der Waals surface area contributed by atoms with Crippen molar-refractivity contribution in [1.29, 1.82) is 0 Å². The molecule has 0 unspecified atom stereocenters. The highest BCUT2D eigenvalue weighted by Crippen LogP contribution is 2.40. The Hall–Kier alpha value is -0.680. The van der Waals surface area contributed by atoms with Gasteiger partial charge in [0.25, 0.3) is 0 Å². The Morgan fingerprint density at radius 1 is 1.29 bits per heavy atom. The number of anilines is 1. The molecule has 0 bridgehead atoms. The summed E-state index contributed by atoms with van der Waals surface area (Å²) in [6.45, 7) is 0.200. The van der Waals surface area contributed by atoms with Gasteiger partial charge in [0.2, 0.25) is 5.13 Å². The Kier molecular flexibility index (Phi) is 3.04. The van der Waals surface area contributed by atoms with Crippen molar-refractivity contribution >= 4 is 16.7 Å². The molecule has 2 saturated carbocycles. The van der Waals surface area contributed by atoms with Gasteiger partial charge in [-0.15, -0.1) is 0 Å². The Morgan fingerprint density at radius 2 is 2.06 bits per heavy atom. The molecule has 2 fully saturated rings. The number of aliphatic hydroxyl groups is 1. The molecule has 5 heteroatoms. The van der Waals surface area contributed by atoms with Crippen molar-refractivity contribution in [3.63, 3.8) is 0 Å².